The van der Waals surface area contributed by atoms with E-state index in [1.165, 1.54) is 32.1 Å². The number of aromatic hydroxyl groups is 1. The van der Waals surface area contributed by atoms with E-state index in [1.54, 1.807) is 6.07 Å². The molecule has 0 aliphatic rings. The van der Waals surface area contributed by atoms with Crippen molar-refractivity contribution in [3.05, 3.63) is 29.3 Å². The van der Waals surface area contributed by atoms with Gasteiger partial charge in [0.25, 0.3) is 5.91 Å². The number of nitrogens with one attached hydrogen (secondary N) is 1. The van der Waals surface area contributed by atoms with Gasteiger partial charge in [0.1, 0.15) is 5.75 Å². The van der Waals surface area contributed by atoms with E-state index in [0.29, 0.717) is 12.1 Å². The maximum Gasteiger partial charge on any atom is 0.255 e. The minimum absolute atomic E-state index is 0.149. The fourth-order valence-corrected chi connectivity index (χ4v) is 3.03. The summed E-state index contributed by atoms with van der Waals surface area (Å²) in [5.74, 6) is -0.0363. The highest BCUT2D eigenvalue weighted by Crippen LogP contribution is 2.24. The average molecular weight is 349 g/mol. The molecule has 4 heteroatoms. The summed E-state index contributed by atoms with van der Waals surface area (Å²) in [6.45, 7) is 9.83. The van der Waals surface area contributed by atoms with Gasteiger partial charge in [0.15, 0.2) is 0 Å². The molecule has 1 aromatic carbocycles. The van der Waals surface area contributed by atoms with E-state index in [2.05, 4.69) is 31.0 Å². The Hall–Kier alpha value is -1.55. The zero-order valence-electron chi connectivity index (χ0n) is 16.3. The van der Waals surface area contributed by atoms with Gasteiger partial charge in [-0.2, -0.15) is 0 Å². The molecule has 2 N–H and O–H groups in total. The molecule has 0 spiro atoms. The third-order valence-corrected chi connectivity index (χ3v) is 4.77. The normalized spacial score (nSPS) is 11.0. The first kappa shape index (κ1) is 21.5. The number of amides is 1. The third-order valence-electron chi connectivity index (χ3n) is 4.77. The van der Waals surface area contributed by atoms with Crippen LogP contribution in [0.2, 0.25) is 0 Å². The van der Waals surface area contributed by atoms with Crippen LogP contribution in [0, 0.1) is 0 Å². The molecule has 0 unspecified atom stereocenters. The van der Waals surface area contributed by atoms with Crippen molar-refractivity contribution < 1.29 is 9.90 Å². The largest absolute Gasteiger partial charge is 0.507 e. The van der Waals surface area contributed by atoms with Crippen molar-refractivity contribution in [2.24, 2.45) is 0 Å². The van der Waals surface area contributed by atoms with Crippen LogP contribution in [0.1, 0.15) is 75.2 Å². The van der Waals surface area contributed by atoms with Crippen LogP contribution in [-0.4, -0.2) is 42.1 Å². The molecule has 0 aliphatic carbocycles. The predicted octanol–water partition coefficient (Wildman–Crippen LogP) is 4.37. The Bertz CT molecular complexity index is 499. The fourth-order valence-electron chi connectivity index (χ4n) is 3.03. The number of hydrogen-bond acceptors (Lipinski definition) is 3. The summed E-state index contributed by atoms with van der Waals surface area (Å²) in [5.41, 5.74) is 1.27. The van der Waals surface area contributed by atoms with Crippen molar-refractivity contribution in [1.29, 1.82) is 0 Å². The zero-order chi connectivity index (χ0) is 18.5. The van der Waals surface area contributed by atoms with Crippen molar-refractivity contribution in [2.75, 3.05) is 26.2 Å². The maximum atomic E-state index is 12.3. The highest BCUT2D eigenvalue weighted by atomic mass is 16.3. The first-order chi connectivity index (χ1) is 12.1. The second kappa shape index (κ2) is 12.8. The van der Waals surface area contributed by atoms with Crippen molar-refractivity contribution in [3.8, 4) is 5.75 Å². The van der Waals surface area contributed by atoms with Gasteiger partial charge in [-0.15, -0.1) is 0 Å². The van der Waals surface area contributed by atoms with Gasteiger partial charge in [-0.3, -0.25) is 4.79 Å². The van der Waals surface area contributed by atoms with Crippen molar-refractivity contribution in [2.45, 2.75) is 65.7 Å². The Balaban J connectivity index is 2.48. The number of para-hydroxylation sites is 1. The van der Waals surface area contributed by atoms with Crippen LogP contribution in [0.25, 0.3) is 0 Å². The van der Waals surface area contributed by atoms with Crippen LogP contribution in [0.3, 0.4) is 0 Å². The number of likely N-dealkylation sites (N-methyl/N-ethyl adjacent to an activating group) is 1. The average Bonchev–Trinajstić information content (AvgIpc) is 2.62. The van der Waals surface area contributed by atoms with Crippen LogP contribution < -0.4 is 5.32 Å². The summed E-state index contributed by atoms with van der Waals surface area (Å²) in [6, 6.07) is 5.49. The number of carbonyl (C=O) groups excluding carboxylic acids is 1. The first-order valence-corrected chi connectivity index (χ1v) is 9.95. The predicted molar refractivity (Wildman–Crippen MR) is 105 cm³/mol. The molecule has 0 fully saturated rings. The lowest BCUT2D eigenvalue weighted by Gasteiger charge is -2.18. The van der Waals surface area contributed by atoms with E-state index in [4.69, 9.17) is 0 Å². The number of phenolic OH excluding ortho intramolecular Hbond substituents is 1. The molecular formula is C21H36N2O2. The number of rotatable bonds is 13. The molecule has 1 amide bonds. The standard InChI is InChI=1S/C21H36N2O2/c1-4-7-8-9-10-11-13-18-14-12-15-19(20(18)24)21(25)22-16-17-23(5-2)6-3/h12,14-15,24H,4-11,13,16-17H2,1-3H3,(H,22,25). The first-order valence-electron chi connectivity index (χ1n) is 9.95. The molecule has 0 heterocycles. The second-order valence-electron chi connectivity index (χ2n) is 6.61. The van der Waals surface area contributed by atoms with Crippen LogP contribution >= 0.6 is 0 Å². The molecule has 0 bridgehead atoms. The molecule has 142 valence electrons. The van der Waals surface area contributed by atoms with Crippen LogP contribution in [-0.2, 0) is 6.42 Å². The Labute approximate surface area is 153 Å². The van der Waals surface area contributed by atoms with E-state index < -0.39 is 0 Å². The number of hydrogen-bond donors (Lipinski definition) is 2. The summed E-state index contributed by atoms with van der Waals surface area (Å²) in [5, 5.41) is 13.3. The molecule has 0 saturated carbocycles. The summed E-state index contributed by atoms with van der Waals surface area (Å²) >= 11 is 0. The molecule has 25 heavy (non-hydrogen) atoms. The van der Waals surface area contributed by atoms with Gasteiger partial charge in [0, 0.05) is 13.1 Å². The SMILES string of the molecule is CCCCCCCCc1cccc(C(=O)NCCN(CC)CC)c1O. The number of nitrogens with zero attached hydrogens (tertiary/aromatic N) is 1. The molecular weight excluding hydrogens is 312 g/mol. The number of phenols is 1. The smallest absolute Gasteiger partial charge is 0.255 e. The van der Waals surface area contributed by atoms with E-state index in [9.17, 15) is 9.90 Å². The lowest BCUT2D eigenvalue weighted by Crippen LogP contribution is -2.34. The monoisotopic (exact) mass is 348 g/mol. The van der Waals surface area contributed by atoms with Gasteiger partial charge >= 0.3 is 0 Å². The number of unbranched alkanes of at least 4 members (excludes halogenated alkanes) is 5. The fraction of sp³-hybridized carbons (Fsp3) is 0.667. The summed E-state index contributed by atoms with van der Waals surface area (Å²) in [7, 11) is 0. The van der Waals surface area contributed by atoms with Crippen LogP contribution in [0.15, 0.2) is 18.2 Å². The quantitative estimate of drug-likeness (QED) is 0.521. The Morgan fingerprint density at radius 3 is 2.40 bits per heavy atom. The van der Waals surface area contributed by atoms with E-state index in [-0.39, 0.29) is 11.7 Å². The van der Waals surface area contributed by atoms with Gasteiger partial charge in [-0.1, -0.05) is 65.0 Å². The van der Waals surface area contributed by atoms with E-state index >= 15 is 0 Å². The summed E-state index contributed by atoms with van der Waals surface area (Å²) in [6.07, 6.45) is 8.17. The van der Waals surface area contributed by atoms with Crippen molar-refractivity contribution >= 4 is 5.91 Å². The van der Waals surface area contributed by atoms with E-state index in [0.717, 1.165) is 38.0 Å². The topological polar surface area (TPSA) is 52.6 Å². The van der Waals surface area contributed by atoms with Gasteiger partial charge in [0.2, 0.25) is 0 Å². The summed E-state index contributed by atoms with van der Waals surface area (Å²) < 4.78 is 0. The lowest BCUT2D eigenvalue weighted by molar-refractivity contribution is 0.0946. The molecule has 0 radical (unpaired) electrons. The van der Waals surface area contributed by atoms with Crippen molar-refractivity contribution in [1.82, 2.24) is 10.2 Å². The molecule has 0 aliphatic heterocycles. The van der Waals surface area contributed by atoms with Gasteiger partial charge in [-0.05, 0) is 37.6 Å². The number of benzene rings is 1. The highest BCUT2D eigenvalue weighted by Gasteiger charge is 2.14. The Morgan fingerprint density at radius 1 is 1.04 bits per heavy atom. The molecule has 0 atom stereocenters. The molecule has 0 aromatic heterocycles. The van der Waals surface area contributed by atoms with Crippen LogP contribution in [0.4, 0.5) is 0 Å². The number of aryl methyl sites for hydroxylation is 1. The molecule has 0 saturated heterocycles. The highest BCUT2D eigenvalue weighted by molar-refractivity contribution is 5.97. The molecule has 1 aromatic rings. The number of carbonyl (C=O) groups is 1. The minimum atomic E-state index is -0.186. The molecule has 1 rings (SSSR count). The van der Waals surface area contributed by atoms with Crippen LogP contribution in [0.5, 0.6) is 5.75 Å². The Kier molecular flexibility index (Phi) is 11.0. The van der Waals surface area contributed by atoms with E-state index in [1.807, 2.05) is 12.1 Å². The summed E-state index contributed by atoms with van der Waals surface area (Å²) in [4.78, 5) is 14.6. The van der Waals surface area contributed by atoms with Crippen molar-refractivity contribution in [3.63, 3.8) is 0 Å². The second-order valence-corrected chi connectivity index (χ2v) is 6.61. The van der Waals surface area contributed by atoms with Gasteiger partial charge in [0.05, 0.1) is 5.56 Å². The maximum absolute atomic E-state index is 12.3. The van der Waals surface area contributed by atoms with Gasteiger partial charge in [-0.25, -0.2) is 0 Å². The zero-order valence-corrected chi connectivity index (χ0v) is 16.3. The van der Waals surface area contributed by atoms with Gasteiger partial charge < -0.3 is 15.3 Å². The third kappa shape index (κ3) is 7.91. The Morgan fingerprint density at radius 2 is 1.72 bits per heavy atom. The minimum Gasteiger partial charge on any atom is -0.507 e. The molecule has 4 nitrogen and oxygen atoms in total. The lowest BCUT2D eigenvalue weighted by atomic mass is 10.0.